The Morgan fingerprint density at radius 1 is 1.35 bits per heavy atom. The molecule has 0 bridgehead atoms. The number of benzene rings is 1. The largest absolute Gasteiger partial charge is 0.352 e. The molecule has 1 N–H and O–H groups in total. The average Bonchev–Trinajstić information content (AvgIpc) is 2.90. The van der Waals surface area contributed by atoms with Gasteiger partial charge in [-0.15, -0.1) is 0 Å². The number of hydrogen-bond donors (Lipinski definition) is 1. The molecule has 1 amide bonds. The number of rotatable bonds is 3. The van der Waals surface area contributed by atoms with Gasteiger partial charge in [-0.1, -0.05) is 18.6 Å². The first kappa shape index (κ1) is 13.1. The first-order chi connectivity index (χ1) is 9.70. The maximum absolute atomic E-state index is 12.5. The minimum atomic E-state index is 0.0583. The monoisotopic (exact) mass is 268 g/mol. The zero-order chi connectivity index (χ0) is 14.1. The number of fused-ring (bicyclic) bond motifs is 2. The first-order valence-electron chi connectivity index (χ1n) is 7.41. The van der Waals surface area contributed by atoms with E-state index in [2.05, 4.69) is 31.3 Å². The summed E-state index contributed by atoms with van der Waals surface area (Å²) in [4.78, 5) is 17.3. The van der Waals surface area contributed by atoms with Crippen molar-refractivity contribution in [1.82, 2.24) is 10.3 Å². The minimum absolute atomic E-state index is 0.0583. The lowest BCUT2D eigenvalue weighted by atomic mass is 9.99. The number of hydrogen-bond acceptors (Lipinski definition) is 2. The van der Waals surface area contributed by atoms with E-state index < -0.39 is 0 Å². The predicted molar refractivity (Wildman–Crippen MR) is 81.1 cm³/mol. The summed E-state index contributed by atoms with van der Waals surface area (Å²) < 4.78 is 0. The van der Waals surface area contributed by atoms with Crippen LogP contribution in [0.3, 0.4) is 0 Å². The van der Waals surface area contributed by atoms with Gasteiger partial charge in [0.15, 0.2) is 0 Å². The van der Waals surface area contributed by atoms with Crippen molar-refractivity contribution in [3.8, 4) is 0 Å². The number of amides is 1. The molecule has 1 heterocycles. The summed E-state index contributed by atoms with van der Waals surface area (Å²) in [6, 6.07) is 6.17. The van der Waals surface area contributed by atoms with Crippen LogP contribution in [0.1, 0.15) is 46.9 Å². The van der Waals surface area contributed by atoms with Crippen molar-refractivity contribution in [2.75, 3.05) is 6.54 Å². The van der Waals surface area contributed by atoms with Gasteiger partial charge in [0.05, 0.1) is 11.1 Å². The summed E-state index contributed by atoms with van der Waals surface area (Å²) in [6.07, 6.45) is 4.02. The summed E-state index contributed by atoms with van der Waals surface area (Å²) in [5.41, 5.74) is 5.25. The van der Waals surface area contributed by atoms with Crippen molar-refractivity contribution in [2.24, 2.45) is 0 Å². The van der Waals surface area contributed by atoms with Gasteiger partial charge in [0.25, 0.3) is 5.91 Å². The number of pyridine rings is 1. The van der Waals surface area contributed by atoms with Crippen molar-refractivity contribution in [3.63, 3.8) is 0 Å². The smallest absolute Gasteiger partial charge is 0.252 e. The third kappa shape index (κ3) is 2.17. The molecule has 1 aromatic carbocycles. The van der Waals surface area contributed by atoms with Gasteiger partial charge in [-0.25, -0.2) is 0 Å². The molecule has 0 atom stereocenters. The molecular weight excluding hydrogens is 248 g/mol. The van der Waals surface area contributed by atoms with Gasteiger partial charge in [-0.2, -0.15) is 0 Å². The molecule has 2 aromatic rings. The standard InChI is InChI=1S/C17H20N2O/c1-3-9-18-17(20)16-12-5-4-6-14(12)19-15-8-7-11(2)10-13(15)16/h7-8,10H,3-6,9H2,1-2H3,(H,18,20). The first-order valence-corrected chi connectivity index (χ1v) is 7.41. The second-order valence-corrected chi connectivity index (χ2v) is 5.54. The number of carbonyl (C=O) groups is 1. The van der Waals surface area contributed by atoms with Crippen LogP contribution in [0.4, 0.5) is 0 Å². The average molecular weight is 268 g/mol. The van der Waals surface area contributed by atoms with Crippen LogP contribution in [-0.4, -0.2) is 17.4 Å². The minimum Gasteiger partial charge on any atom is -0.352 e. The molecule has 3 rings (SSSR count). The number of carbonyl (C=O) groups excluding carboxylic acids is 1. The van der Waals surface area contributed by atoms with Crippen LogP contribution in [0.5, 0.6) is 0 Å². The molecule has 20 heavy (non-hydrogen) atoms. The molecule has 0 fully saturated rings. The lowest BCUT2D eigenvalue weighted by Crippen LogP contribution is -2.25. The Balaban J connectivity index is 2.20. The highest BCUT2D eigenvalue weighted by Gasteiger charge is 2.23. The van der Waals surface area contributed by atoms with Crippen LogP contribution >= 0.6 is 0 Å². The van der Waals surface area contributed by atoms with Gasteiger partial charge in [-0.3, -0.25) is 9.78 Å². The van der Waals surface area contributed by atoms with Crippen LogP contribution in [0.15, 0.2) is 18.2 Å². The van der Waals surface area contributed by atoms with E-state index in [-0.39, 0.29) is 5.91 Å². The normalized spacial score (nSPS) is 13.5. The number of aryl methyl sites for hydroxylation is 2. The highest BCUT2D eigenvalue weighted by molar-refractivity contribution is 6.08. The highest BCUT2D eigenvalue weighted by Crippen LogP contribution is 2.30. The molecule has 1 aliphatic rings. The fourth-order valence-corrected chi connectivity index (χ4v) is 2.96. The maximum atomic E-state index is 12.5. The van der Waals surface area contributed by atoms with Crippen LogP contribution in [0, 0.1) is 6.92 Å². The molecule has 0 unspecified atom stereocenters. The molecule has 0 radical (unpaired) electrons. The Bertz CT molecular complexity index is 676. The Hall–Kier alpha value is -1.90. The fraction of sp³-hybridized carbons (Fsp3) is 0.412. The van der Waals surface area contributed by atoms with Gasteiger partial charge >= 0.3 is 0 Å². The maximum Gasteiger partial charge on any atom is 0.252 e. The molecule has 3 heteroatoms. The molecular formula is C17H20N2O. The molecule has 0 saturated carbocycles. The van der Waals surface area contributed by atoms with E-state index in [4.69, 9.17) is 4.98 Å². The molecule has 104 valence electrons. The summed E-state index contributed by atoms with van der Waals surface area (Å²) in [5.74, 6) is 0.0583. The zero-order valence-corrected chi connectivity index (χ0v) is 12.1. The number of nitrogens with one attached hydrogen (secondary N) is 1. The summed E-state index contributed by atoms with van der Waals surface area (Å²) in [7, 11) is 0. The summed E-state index contributed by atoms with van der Waals surface area (Å²) in [5, 5.41) is 4.02. The lowest BCUT2D eigenvalue weighted by molar-refractivity contribution is 0.0954. The summed E-state index contributed by atoms with van der Waals surface area (Å²) in [6.45, 7) is 4.85. The van der Waals surface area contributed by atoms with Crippen LogP contribution < -0.4 is 5.32 Å². The van der Waals surface area contributed by atoms with Crippen LogP contribution in [-0.2, 0) is 12.8 Å². The van der Waals surface area contributed by atoms with Crippen molar-refractivity contribution in [2.45, 2.75) is 39.5 Å². The van der Waals surface area contributed by atoms with E-state index in [1.807, 2.05) is 6.07 Å². The van der Waals surface area contributed by atoms with Crippen molar-refractivity contribution in [1.29, 1.82) is 0 Å². The molecule has 1 aliphatic carbocycles. The zero-order valence-electron chi connectivity index (χ0n) is 12.1. The van der Waals surface area contributed by atoms with Crippen molar-refractivity contribution in [3.05, 3.63) is 40.6 Å². The van der Waals surface area contributed by atoms with Crippen LogP contribution in [0.2, 0.25) is 0 Å². The number of aromatic nitrogens is 1. The molecule has 0 spiro atoms. The van der Waals surface area contributed by atoms with E-state index in [0.717, 1.165) is 60.0 Å². The Kier molecular flexibility index (Phi) is 3.43. The summed E-state index contributed by atoms with van der Waals surface area (Å²) >= 11 is 0. The van der Waals surface area contributed by atoms with Crippen LogP contribution in [0.25, 0.3) is 10.9 Å². The number of nitrogens with zero attached hydrogens (tertiary/aromatic N) is 1. The van der Waals surface area contributed by atoms with E-state index >= 15 is 0 Å². The molecule has 0 aliphatic heterocycles. The van der Waals surface area contributed by atoms with Gasteiger partial charge in [0.2, 0.25) is 0 Å². The van der Waals surface area contributed by atoms with E-state index in [1.54, 1.807) is 0 Å². The molecule has 3 nitrogen and oxygen atoms in total. The lowest BCUT2D eigenvalue weighted by Gasteiger charge is -2.13. The van der Waals surface area contributed by atoms with Gasteiger partial charge in [0, 0.05) is 17.6 Å². The highest BCUT2D eigenvalue weighted by atomic mass is 16.1. The second-order valence-electron chi connectivity index (χ2n) is 5.54. The Morgan fingerprint density at radius 2 is 2.20 bits per heavy atom. The SMILES string of the molecule is CCCNC(=O)c1c2c(nc3ccc(C)cc13)CCC2. The van der Waals surface area contributed by atoms with E-state index in [1.165, 1.54) is 5.56 Å². The second kappa shape index (κ2) is 5.23. The third-order valence-corrected chi connectivity index (χ3v) is 3.93. The van der Waals surface area contributed by atoms with Gasteiger partial charge in [-0.05, 0) is 50.3 Å². The van der Waals surface area contributed by atoms with E-state index in [9.17, 15) is 4.79 Å². The fourth-order valence-electron chi connectivity index (χ4n) is 2.96. The Morgan fingerprint density at radius 3 is 3.00 bits per heavy atom. The molecule has 1 aromatic heterocycles. The Labute approximate surface area is 119 Å². The predicted octanol–water partition coefficient (Wildman–Crippen LogP) is 3.17. The van der Waals surface area contributed by atoms with Crippen molar-refractivity contribution >= 4 is 16.8 Å². The van der Waals surface area contributed by atoms with E-state index in [0.29, 0.717) is 0 Å². The topological polar surface area (TPSA) is 42.0 Å². The van der Waals surface area contributed by atoms with Gasteiger partial charge in [0.1, 0.15) is 0 Å². The van der Waals surface area contributed by atoms with Gasteiger partial charge < -0.3 is 5.32 Å². The molecule has 0 saturated heterocycles. The van der Waals surface area contributed by atoms with Crippen molar-refractivity contribution < 1.29 is 4.79 Å². The third-order valence-electron chi connectivity index (χ3n) is 3.93. The quantitative estimate of drug-likeness (QED) is 0.929.